The van der Waals surface area contributed by atoms with Gasteiger partial charge in [0.05, 0.1) is 11.9 Å². The van der Waals surface area contributed by atoms with Crippen LogP contribution in [-0.2, 0) is 0 Å². The summed E-state index contributed by atoms with van der Waals surface area (Å²) in [6.45, 7) is 3.22. The fraction of sp³-hybridized carbons (Fsp3) is 0.850. The molecule has 0 radical (unpaired) electrons. The summed E-state index contributed by atoms with van der Waals surface area (Å²) in [5.41, 5.74) is 1.15. The molecule has 4 heteroatoms. The third kappa shape index (κ3) is 7.59. The Balaban J connectivity index is 1.75. The van der Waals surface area contributed by atoms with Gasteiger partial charge in [0.25, 0.3) is 0 Å². The summed E-state index contributed by atoms with van der Waals surface area (Å²) in [4.78, 5) is 4.76. The smallest absolute Gasteiger partial charge is 0.242 e. The lowest BCUT2D eigenvalue weighted by Crippen LogP contribution is -2.10. The highest BCUT2D eigenvalue weighted by molar-refractivity contribution is 5.23. The van der Waals surface area contributed by atoms with E-state index in [0.717, 1.165) is 18.2 Å². The minimum atomic E-state index is 0.577. The molecule has 0 aliphatic heterocycles. The molecule has 1 saturated carbocycles. The lowest BCUT2D eigenvalue weighted by atomic mass is 9.94. The maximum absolute atomic E-state index is 4.76. The Bertz CT molecular complexity index is 425. The highest BCUT2D eigenvalue weighted by atomic mass is 15.2. The Hall–Kier alpha value is -1.19. The molecule has 1 aromatic rings. The molecule has 0 atom stereocenters. The van der Waals surface area contributed by atoms with E-state index >= 15 is 0 Å². The van der Waals surface area contributed by atoms with Crippen LogP contribution in [0.2, 0.25) is 0 Å². The molecule has 0 amide bonds. The first-order chi connectivity index (χ1) is 11.9. The Labute approximate surface area is 148 Å². The van der Waals surface area contributed by atoms with Gasteiger partial charge in [-0.25, -0.2) is 4.98 Å². The summed E-state index contributed by atoms with van der Waals surface area (Å²) in [6.07, 6.45) is 20.5. The van der Waals surface area contributed by atoms with Crippen LogP contribution in [-0.4, -0.2) is 21.7 Å². The first-order valence-electron chi connectivity index (χ1n) is 10.3. The predicted molar refractivity (Wildman–Crippen MR) is 101 cm³/mol. The summed E-state index contributed by atoms with van der Waals surface area (Å²) in [7, 11) is 0. The van der Waals surface area contributed by atoms with Gasteiger partial charge in [0.15, 0.2) is 0 Å². The standard InChI is InChI=1S/C20H36N4/c1-2-3-4-5-10-13-16-21-20-23-19(17-22-24-20)18-14-11-8-6-7-9-12-15-18/h17-18H,2-16H2,1H3,(H,21,23,24). The molecule has 0 aromatic carbocycles. The minimum absolute atomic E-state index is 0.577. The van der Waals surface area contributed by atoms with E-state index in [4.69, 9.17) is 4.98 Å². The van der Waals surface area contributed by atoms with Crippen LogP contribution < -0.4 is 5.32 Å². The molecule has 0 bridgehead atoms. The third-order valence-corrected chi connectivity index (χ3v) is 5.16. The number of hydrogen-bond acceptors (Lipinski definition) is 4. The number of hydrogen-bond donors (Lipinski definition) is 1. The molecular weight excluding hydrogens is 296 g/mol. The van der Waals surface area contributed by atoms with E-state index in [-0.39, 0.29) is 0 Å². The van der Waals surface area contributed by atoms with Gasteiger partial charge < -0.3 is 5.32 Å². The van der Waals surface area contributed by atoms with E-state index in [9.17, 15) is 0 Å². The van der Waals surface area contributed by atoms with Crippen molar-refractivity contribution in [1.29, 1.82) is 0 Å². The van der Waals surface area contributed by atoms with E-state index in [1.807, 2.05) is 6.20 Å². The SMILES string of the molecule is CCCCCCCCNc1nncc(C2CCCCCCCC2)n1. The lowest BCUT2D eigenvalue weighted by molar-refractivity contribution is 0.525. The van der Waals surface area contributed by atoms with Crippen LogP contribution in [0.4, 0.5) is 5.95 Å². The monoisotopic (exact) mass is 332 g/mol. The van der Waals surface area contributed by atoms with Crippen molar-refractivity contribution in [3.8, 4) is 0 Å². The largest absolute Gasteiger partial charge is 0.353 e. The molecule has 1 N–H and O–H groups in total. The molecule has 0 unspecified atom stereocenters. The van der Waals surface area contributed by atoms with Gasteiger partial charge in [0.1, 0.15) is 0 Å². The van der Waals surface area contributed by atoms with Gasteiger partial charge in [0.2, 0.25) is 5.95 Å². The molecule has 1 fully saturated rings. The summed E-state index contributed by atoms with van der Waals surface area (Å²) >= 11 is 0. The van der Waals surface area contributed by atoms with Crippen LogP contribution in [0.1, 0.15) is 108 Å². The topological polar surface area (TPSA) is 50.7 Å². The fourth-order valence-corrected chi connectivity index (χ4v) is 3.62. The zero-order valence-corrected chi connectivity index (χ0v) is 15.6. The summed E-state index contributed by atoms with van der Waals surface area (Å²) < 4.78 is 0. The van der Waals surface area contributed by atoms with E-state index in [1.54, 1.807) is 0 Å². The van der Waals surface area contributed by atoms with Crippen molar-refractivity contribution in [2.75, 3.05) is 11.9 Å². The van der Waals surface area contributed by atoms with E-state index in [1.165, 1.54) is 89.9 Å². The van der Waals surface area contributed by atoms with Gasteiger partial charge in [-0.1, -0.05) is 77.6 Å². The van der Waals surface area contributed by atoms with E-state index < -0.39 is 0 Å². The van der Waals surface area contributed by atoms with E-state index in [2.05, 4.69) is 22.4 Å². The zero-order chi connectivity index (χ0) is 16.9. The Morgan fingerprint density at radius 1 is 0.917 bits per heavy atom. The van der Waals surface area contributed by atoms with Crippen LogP contribution in [0.15, 0.2) is 6.20 Å². The van der Waals surface area contributed by atoms with Gasteiger partial charge in [0, 0.05) is 12.5 Å². The van der Waals surface area contributed by atoms with Crippen molar-refractivity contribution < 1.29 is 0 Å². The first-order valence-corrected chi connectivity index (χ1v) is 10.3. The number of nitrogens with zero attached hydrogens (tertiary/aromatic N) is 3. The fourth-order valence-electron chi connectivity index (χ4n) is 3.62. The molecule has 1 aromatic heterocycles. The van der Waals surface area contributed by atoms with Crippen molar-refractivity contribution in [2.24, 2.45) is 0 Å². The Morgan fingerprint density at radius 3 is 2.33 bits per heavy atom. The molecule has 1 aliphatic carbocycles. The molecule has 1 heterocycles. The van der Waals surface area contributed by atoms with Gasteiger partial charge in [-0.3, -0.25) is 0 Å². The van der Waals surface area contributed by atoms with Gasteiger partial charge in [-0.05, 0) is 19.3 Å². The van der Waals surface area contributed by atoms with Crippen LogP contribution in [0.3, 0.4) is 0 Å². The predicted octanol–water partition coefficient (Wildman–Crippen LogP) is 5.86. The maximum Gasteiger partial charge on any atom is 0.242 e. The summed E-state index contributed by atoms with van der Waals surface area (Å²) in [6, 6.07) is 0. The van der Waals surface area contributed by atoms with Crippen LogP contribution in [0.25, 0.3) is 0 Å². The zero-order valence-electron chi connectivity index (χ0n) is 15.6. The number of nitrogens with one attached hydrogen (secondary N) is 1. The van der Waals surface area contributed by atoms with Gasteiger partial charge in [-0.15, -0.1) is 5.10 Å². The number of rotatable bonds is 9. The number of unbranched alkanes of at least 4 members (excludes halogenated alkanes) is 5. The average Bonchev–Trinajstić information content (AvgIpc) is 2.75. The molecule has 24 heavy (non-hydrogen) atoms. The summed E-state index contributed by atoms with van der Waals surface area (Å²) in [5, 5.41) is 11.7. The van der Waals surface area contributed by atoms with Crippen molar-refractivity contribution in [1.82, 2.24) is 15.2 Å². The highest BCUT2D eigenvalue weighted by Gasteiger charge is 2.15. The Kier molecular flexibility index (Phi) is 9.74. The second kappa shape index (κ2) is 12.2. The van der Waals surface area contributed by atoms with Crippen molar-refractivity contribution in [3.63, 3.8) is 0 Å². The lowest BCUT2D eigenvalue weighted by Gasteiger charge is -2.15. The number of aromatic nitrogens is 3. The maximum atomic E-state index is 4.76. The van der Waals surface area contributed by atoms with Crippen molar-refractivity contribution in [2.45, 2.75) is 103 Å². The normalized spacial score (nSPS) is 17.0. The van der Waals surface area contributed by atoms with Crippen LogP contribution in [0.5, 0.6) is 0 Å². The summed E-state index contributed by atoms with van der Waals surface area (Å²) in [5.74, 6) is 1.30. The molecule has 4 nitrogen and oxygen atoms in total. The second-order valence-corrected chi connectivity index (χ2v) is 7.29. The van der Waals surface area contributed by atoms with Crippen LogP contribution >= 0.6 is 0 Å². The minimum Gasteiger partial charge on any atom is -0.353 e. The van der Waals surface area contributed by atoms with E-state index in [0.29, 0.717) is 5.92 Å². The average molecular weight is 333 g/mol. The molecule has 0 spiro atoms. The van der Waals surface area contributed by atoms with Crippen molar-refractivity contribution >= 4 is 5.95 Å². The molecule has 136 valence electrons. The molecule has 0 saturated heterocycles. The van der Waals surface area contributed by atoms with Crippen molar-refractivity contribution in [3.05, 3.63) is 11.9 Å². The van der Waals surface area contributed by atoms with Gasteiger partial charge >= 0.3 is 0 Å². The number of anilines is 1. The molecule has 1 aliphatic rings. The Morgan fingerprint density at radius 2 is 1.58 bits per heavy atom. The van der Waals surface area contributed by atoms with Crippen LogP contribution in [0, 0.1) is 0 Å². The third-order valence-electron chi connectivity index (χ3n) is 5.16. The first kappa shape index (κ1) is 19.1. The molecule has 2 rings (SSSR count). The quantitative estimate of drug-likeness (QED) is 0.575. The second-order valence-electron chi connectivity index (χ2n) is 7.29. The highest BCUT2D eigenvalue weighted by Crippen LogP contribution is 2.29. The van der Waals surface area contributed by atoms with Gasteiger partial charge in [-0.2, -0.15) is 5.10 Å². The molecular formula is C20H36N4.